The van der Waals surface area contributed by atoms with Crippen molar-refractivity contribution in [2.75, 3.05) is 19.8 Å². The summed E-state index contributed by atoms with van der Waals surface area (Å²) in [5.41, 5.74) is 3.34. The van der Waals surface area contributed by atoms with Crippen LogP contribution in [0.2, 0.25) is 0 Å². The van der Waals surface area contributed by atoms with E-state index in [9.17, 15) is 27.2 Å². The number of carbonyl (C=O) groups is 1. The fourth-order valence-electron chi connectivity index (χ4n) is 3.25. The zero-order valence-electron chi connectivity index (χ0n) is 19.8. The molecule has 0 spiro atoms. The molecule has 1 amide bonds. The number of nitrogens with one attached hydrogen (secondary N) is 1. The minimum atomic E-state index is -4.44. The topological polar surface area (TPSA) is 120 Å². The van der Waals surface area contributed by atoms with E-state index in [-0.39, 0.29) is 42.6 Å². The largest absolute Gasteiger partial charge is 0.475 e. The van der Waals surface area contributed by atoms with Crippen LogP contribution in [0.4, 0.5) is 22.0 Å². The molecule has 0 bridgehead atoms. The van der Waals surface area contributed by atoms with Crippen molar-refractivity contribution in [1.82, 2.24) is 15.0 Å². The van der Waals surface area contributed by atoms with Gasteiger partial charge in [0.05, 0.1) is 17.9 Å². The quantitative estimate of drug-likeness (QED) is 0.307. The molecule has 0 atom stereocenters. The SMILES string of the molecule is CC(C)(Cc1ccc(F)c(-c2nc(-c3ccc(OCCOCC(F)(F)F)nc3)cc(=O)[nH]2)c1F)C(N)=O. The molecule has 0 unspecified atom stereocenters. The highest BCUT2D eigenvalue weighted by atomic mass is 19.4. The zero-order chi connectivity index (χ0) is 27.4. The van der Waals surface area contributed by atoms with Crippen LogP contribution in [0.15, 0.2) is 41.3 Å². The van der Waals surface area contributed by atoms with Gasteiger partial charge in [0.2, 0.25) is 11.8 Å². The number of hydrogen-bond donors (Lipinski definition) is 2. The maximum Gasteiger partial charge on any atom is 0.411 e. The molecule has 3 rings (SSSR count). The molecule has 0 aliphatic rings. The highest BCUT2D eigenvalue weighted by Gasteiger charge is 2.29. The van der Waals surface area contributed by atoms with Crippen molar-refractivity contribution in [3.8, 4) is 28.5 Å². The molecule has 0 saturated carbocycles. The van der Waals surface area contributed by atoms with E-state index in [4.69, 9.17) is 10.5 Å². The maximum atomic E-state index is 15.3. The van der Waals surface area contributed by atoms with E-state index in [0.29, 0.717) is 5.56 Å². The summed E-state index contributed by atoms with van der Waals surface area (Å²) >= 11 is 0. The average Bonchev–Trinajstić information content (AvgIpc) is 2.80. The molecule has 0 aliphatic heterocycles. The summed E-state index contributed by atoms with van der Waals surface area (Å²) in [5.74, 6) is -2.94. The number of pyridine rings is 1. The zero-order valence-corrected chi connectivity index (χ0v) is 19.8. The monoisotopic (exact) mass is 526 g/mol. The number of primary amides is 1. The molecule has 0 aliphatic carbocycles. The molecule has 3 aromatic rings. The Hall–Kier alpha value is -3.87. The Morgan fingerprint density at radius 1 is 1.11 bits per heavy atom. The first-order chi connectivity index (χ1) is 17.3. The summed E-state index contributed by atoms with van der Waals surface area (Å²) < 4.78 is 75.8. The first-order valence-corrected chi connectivity index (χ1v) is 10.9. The first-order valence-electron chi connectivity index (χ1n) is 10.9. The molecular weight excluding hydrogens is 503 g/mol. The number of amides is 1. The van der Waals surface area contributed by atoms with E-state index >= 15 is 4.39 Å². The number of halogens is 5. The molecule has 0 saturated heterocycles. The smallest absolute Gasteiger partial charge is 0.411 e. The summed E-state index contributed by atoms with van der Waals surface area (Å²) in [6.07, 6.45) is -3.28. The van der Waals surface area contributed by atoms with Crippen molar-refractivity contribution in [2.45, 2.75) is 26.4 Å². The van der Waals surface area contributed by atoms with Gasteiger partial charge < -0.3 is 20.2 Å². The lowest BCUT2D eigenvalue weighted by Crippen LogP contribution is -2.33. The second-order valence-corrected chi connectivity index (χ2v) is 8.70. The van der Waals surface area contributed by atoms with Crippen molar-refractivity contribution >= 4 is 5.91 Å². The number of hydrogen-bond acceptors (Lipinski definition) is 6. The van der Waals surface area contributed by atoms with Gasteiger partial charge in [0, 0.05) is 29.3 Å². The van der Waals surface area contributed by atoms with Gasteiger partial charge in [-0.05, 0) is 24.1 Å². The molecule has 198 valence electrons. The third-order valence-corrected chi connectivity index (χ3v) is 5.22. The van der Waals surface area contributed by atoms with Crippen molar-refractivity contribution in [1.29, 1.82) is 0 Å². The Kier molecular flexibility index (Phi) is 8.26. The molecule has 8 nitrogen and oxygen atoms in total. The second kappa shape index (κ2) is 11.0. The van der Waals surface area contributed by atoms with E-state index in [1.54, 1.807) is 0 Å². The summed E-state index contributed by atoms with van der Waals surface area (Å²) in [4.78, 5) is 34.4. The van der Waals surface area contributed by atoms with Crippen LogP contribution in [0, 0.1) is 17.0 Å². The highest BCUT2D eigenvalue weighted by molar-refractivity contribution is 5.80. The lowest BCUT2D eigenvalue weighted by Gasteiger charge is -2.21. The predicted molar refractivity (Wildman–Crippen MR) is 122 cm³/mol. The summed E-state index contributed by atoms with van der Waals surface area (Å²) in [6, 6.07) is 6.14. The van der Waals surface area contributed by atoms with Gasteiger partial charge in [-0.25, -0.2) is 18.7 Å². The van der Waals surface area contributed by atoms with Crippen molar-refractivity contribution < 1.29 is 36.2 Å². The number of nitrogens with zero attached hydrogens (tertiary/aromatic N) is 2. The highest BCUT2D eigenvalue weighted by Crippen LogP contribution is 2.30. The van der Waals surface area contributed by atoms with Crippen molar-refractivity contribution in [2.24, 2.45) is 11.1 Å². The van der Waals surface area contributed by atoms with Gasteiger partial charge in [0.15, 0.2) is 0 Å². The predicted octanol–water partition coefficient (Wildman–Crippen LogP) is 3.79. The number of rotatable bonds is 10. The lowest BCUT2D eigenvalue weighted by molar-refractivity contribution is -0.175. The summed E-state index contributed by atoms with van der Waals surface area (Å²) in [7, 11) is 0. The number of alkyl halides is 3. The van der Waals surface area contributed by atoms with E-state index < -0.39 is 46.9 Å². The van der Waals surface area contributed by atoms with Crippen LogP contribution in [0.3, 0.4) is 0 Å². The van der Waals surface area contributed by atoms with E-state index in [0.717, 1.165) is 12.1 Å². The van der Waals surface area contributed by atoms with Gasteiger partial charge in [-0.2, -0.15) is 13.2 Å². The Bertz CT molecular complexity index is 1320. The standard InChI is InChI=1S/C24H23F5N4O4/c1-23(2,22(30)35)10-13-3-5-15(25)19(20(13)26)21-32-16(9-17(34)33-21)14-4-6-18(31-11-14)37-8-7-36-12-24(27,28)29/h3-6,9,11H,7-8,10,12H2,1-2H3,(H2,30,35)(H,32,33,34). The number of nitrogens with two attached hydrogens (primary N) is 1. The van der Waals surface area contributed by atoms with Gasteiger partial charge >= 0.3 is 6.18 Å². The number of aromatic amines is 1. The lowest BCUT2D eigenvalue weighted by atomic mass is 9.84. The normalized spacial score (nSPS) is 12.0. The third kappa shape index (κ3) is 7.32. The molecule has 0 fully saturated rings. The van der Waals surface area contributed by atoms with Crippen LogP contribution in [-0.4, -0.2) is 46.9 Å². The minimum absolute atomic E-state index is 0.00985. The fraction of sp³-hybridized carbons (Fsp3) is 0.333. The summed E-state index contributed by atoms with van der Waals surface area (Å²) in [5, 5.41) is 0. The van der Waals surface area contributed by atoms with E-state index in [1.807, 2.05) is 0 Å². The number of carbonyl (C=O) groups excluding carboxylic acids is 1. The molecule has 13 heteroatoms. The Labute approximate surface area is 207 Å². The van der Waals surface area contributed by atoms with Gasteiger partial charge in [-0.1, -0.05) is 19.9 Å². The van der Waals surface area contributed by atoms with Crippen LogP contribution < -0.4 is 16.0 Å². The molecule has 0 radical (unpaired) electrons. The molecule has 2 aromatic heterocycles. The molecule has 3 N–H and O–H groups in total. The number of benzene rings is 1. The number of H-pyrrole nitrogens is 1. The maximum absolute atomic E-state index is 15.3. The molecule has 2 heterocycles. The third-order valence-electron chi connectivity index (χ3n) is 5.22. The number of ether oxygens (including phenoxy) is 2. The van der Waals surface area contributed by atoms with Crippen LogP contribution >= 0.6 is 0 Å². The Morgan fingerprint density at radius 3 is 2.46 bits per heavy atom. The van der Waals surface area contributed by atoms with E-state index in [1.165, 1.54) is 38.2 Å². The Balaban J connectivity index is 1.83. The van der Waals surface area contributed by atoms with Crippen molar-refractivity contribution in [3.05, 3.63) is 64.1 Å². The van der Waals surface area contributed by atoms with Gasteiger partial charge in [-0.3, -0.25) is 9.59 Å². The Morgan fingerprint density at radius 2 is 1.84 bits per heavy atom. The van der Waals surface area contributed by atoms with Crippen molar-refractivity contribution in [3.63, 3.8) is 0 Å². The van der Waals surface area contributed by atoms with Crippen LogP contribution in [0.1, 0.15) is 19.4 Å². The number of aromatic nitrogens is 3. The minimum Gasteiger partial charge on any atom is -0.475 e. The van der Waals surface area contributed by atoms with Gasteiger partial charge in [0.25, 0.3) is 5.56 Å². The fourth-order valence-corrected chi connectivity index (χ4v) is 3.25. The van der Waals surface area contributed by atoms with Crippen LogP contribution in [0.25, 0.3) is 22.6 Å². The first kappa shape index (κ1) is 27.7. The van der Waals surface area contributed by atoms with E-state index in [2.05, 4.69) is 19.7 Å². The molecule has 37 heavy (non-hydrogen) atoms. The average molecular weight is 526 g/mol. The van der Waals surface area contributed by atoms with Crippen LogP contribution in [0.5, 0.6) is 5.88 Å². The molecular formula is C24H23F5N4O4. The second-order valence-electron chi connectivity index (χ2n) is 8.70. The van der Waals surface area contributed by atoms with Gasteiger partial charge in [-0.15, -0.1) is 0 Å². The van der Waals surface area contributed by atoms with Gasteiger partial charge in [0.1, 0.15) is 30.7 Å². The summed E-state index contributed by atoms with van der Waals surface area (Å²) in [6.45, 7) is 1.15. The van der Waals surface area contributed by atoms with Crippen LogP contribution in [-0.2, 0) is 16.0 Å². The molecule has 1 aromatic carbocycles.